The highest BCUT2D eigenvalue weighted by atomic mass is 32.2. The van der Waals surface area contributed by atoms with Gasteiger partial charge in [0.2, 0.25) is 11.8 Å². The van der Waals surface area contributed by atoms with Gasteiger partial charge in [0.1, 0.15) is 12.1 Å². The molecule has 1 unspecified atom stereocenters. The first-order valence-corrected chi connectivity index (χ1v) is 6.67. The highest BCUT2D eigenvalue weighted by molar-refractivity contribution is 8.00. The predicted molar refractivity (Wildman–Crippen MR) is 62.4 cm³/mol. The standard InChI is InChI=1S/C10H16N2O4S/c13-8(3-12-7-17-4-9(12)14)11-5-10(15)1-2-16-6-10/h15H,1-7H2,(H,11,13). The van der Waals surface area contributed by atoms with Crippen molar-refractivity contribution >= 4 is 23.6 Å². The average Bonchev–Trinajstić information content (AvgIpc) is 2.87. The van der Waals surface area contributed by atoms with Gasteiger partial charge in [-0.05, 0) is 0 Å². The van der Waals surface area contributed by atoms with Crippen molar-refractivity contribution in [2.75, 3.05) is 37.9 Å². The molecule has 0 aromatic carbocycles. The van der Waals surface area contributed by atoms with Gasteiger partial charge in [0.05, 0.1) is 18.2 Å². The van der Waals surface area contributed by atoms with Crippen LogP contribution in [0.2, 0.25) is 0 Å². The summed E-state index contributed by atoms with van der Waals surface area (Å²) in [7, 11) is 0. The highest BCUT2D eigenvalue weighted by Crippen LogP contribution is 2.17. The Kier molecular flexibility index (Phi) is 3.90. The van der Waals surface area contributed by atoms with Crippen LogP contribution in [-0.2, 0) is 14.3 Å². The van der Waals surface area contributed by atoms with Crippen molar-refractivity contribution in [3.05, 3.63) is 0 Å². The topological polar surface area (TPSA) is 78.9 Å². The average molecular weight is 260 g/mol. The molecule has 0 aliphatic carbocycles. The Morgan fingerprint density at radius 1 is 1.65 bits per heavy atom. The van der Waals surface area contributed by atoms with E-state index in [1.54, 1.807) is 0 Å². The Bertz CT molecular complexity index is 317. The van der Waals surface area contributed by atoms with Gasteiger partial charge in [-0.3, -0.25) is 9.59 Å². The molecule has 2 aliphatic heterocycles. The number of hydrogen-bond acceptors (Lipinski definition) is 5. The summed E-state index contributed by atoms with van der Waals surface area (Å²) in [5.41, 5.74) is -0.945. The molecule has 2 heterocycles. The van der Waals surface area contributed by atoms with E-state index < -0.39 is 5.60 Å². The molecule has 2 fully saturated rings. The molecule has 0 bridgehead atoms. The number of ether oxygens (including phenoxy) is 1. The molecule has 2 saturated heterocycles. The number of amides is 2. The van der Waals surface area contributed by atoms with Crippen molar-refractivity contribution in [1.82, 2.24) is 10.2 Å². The summed E-state index contributed by atoms with van der Waals surface area (Å²) in [5.74, 6) is 0.777. The molecule has 0 spiro atoms. The van der Waals surface area contributed by atoms with Crippen LogP contribution in [0.5, 0.6) is 0 Å². The Morgan fingerprint density at radius 2 is 2.47 bits per heavy atom. The number of thioether (sulfide) groups is 1. The van der Waals surface area contributed by atoms with Crippen molar-refractivity contribution in [3.63, 3.8) is 0 Å². The molecule has 0 aromatic rings. The first-order chi connectivity index (χ1) is 8.09. The molecule has 2 N–H and O–H groups in total. The van der Waals surface area contributed by atoms with Crippen LogP contribution in [0, 0.1) is 0 Å². The van der Waals surface area contributed by atoms with Gasteiger partial charge >= 0.3 is 0 Å². The normalized spacial score (nSPS) is 28.8. The summed E-state index contributed by atoms with van der Waals surface area (Å²) >= 11 is 1.50. The van der Waals surface area contributed by atoms with Gasteiger partial charge in [0, 0.05) is 19.6 Å². The largest absolute Gasteiger partial charge is 0.386 e. The van der Waals surface area contributed by atoms with Crippen LogP contribution in [0.1, 0.15) is 6.42 Å². The van der Waals surface area contributed by atoms with E-state index in [1.165, 1.54) is 16.7 Å². The monoisotopic (exact) mass is 260 g/mol. The third kappa shape index (κ3) is 3.34. The van der Waals surface area contributed by atoms with Crippen molar-refractivity contribution < 1.29 is 19.4 Å². The van der Waals surface area contributed by atoms with E-state index >= 15 is 0 Å². The maximum absolute atomic E-state index is 11.6. The minimum Gasteiger partial charge on any atom is -0.386 e. The van der Waals surface area contributed by atoms with E-state index in [-0.39, 0.29) is 31.5 Å². The van der Waals surface area contributed by atoms with Crippen molar-refractivity contribution in [3.8, 4) is 0 Å². The van der Waals surface area contributed by atoms with Crippen LogP contribution in [-0.4, -0.2) is 65.4 Å². The second kappa shape index (κ2) is 5.24. The third-order valence-electron chi connectivity index (χ3n) is 2.86. The first-order valence-electron chi connectivity index (χ1n) is 5.51. The number of nitrogens with zero attached hydrogens (tertiary/aromatic N) is 1. The number of carbonyl (C=O) groups excluding carboxylic acids is 2. The molecule has 0 aromatic heterocycles. The van der Waals surface area contributed by atoms with E-state index in [4.69, 9.17) is 4.74 Å². The summed E-state index contributed by atoms with van der Waals surface area (Å²) < 4.78 is 5.07. The van der Waals surface area contributed by atoms with E-state index in [1.807, 2.05) is 0 Å². The molecular weight excluding hydrogens is 244 g/mol. The molecule has 1 atom stereocenters. The first kappa shape index (κ1) is 12.7. The lowest BCUT2D eigenvalue weighted by molar-refractivity contribution is -0.132. The lowest BCUT2D eigenvalue weighted by Gasteiger charge is -2.21. The van der Waals surface area contributed by atoms with Gasteiger partial charge in [0.25, 0.3) is 0 Å². The number of nitrogens with one attached hydrogen (secondary N) is 1. The second-order valence-corrected chi connectivity index (χ2v) is 5.33. The van der Waals surface area contributed by atoms with Crippen molar-refractivity contribution in [1.29, 1.82) is 0 Å². The van der Waals surface area contributed by atoms with Crippen LogP contribution >= 0.6 is 11.8 Å². The molecule has 7 heteroatoms. The second-order valence-electron chi connectivity index (χ2n) is 4.37. The molecular formula is C10H16N2O4S. The minimum absolute atomic E-state index is 0.00642. The van der Waals surface area contributed by atoms with Gasteiger partial charge < -0.3 is 20.1 Å². The number of aliphatic hydroxyl groups is 1. The van der Waals surface area contributed by atoms with E-state index in [9.17, 15) is 14.7 Å². The van der Waals surface area contributed by atoms with Gasteiger partial charge in [-0.2, -0.15) is 0 Å². The lowest BCUT2D eigenvalue weighted by Crippen LogP contribution is -2.46. The van der Waals surface area contributed by atoms with Crippen LogP contribution in [0.15, 0.2) is 0 Å². The fourth-order valence-corrected chi connectivity index (χ4v) is 2.67. The van der Waals surface area contributed by atoms with Crippen molar-refractivity contribution in [2.45, 2.75) is 12.0 Å². The molecule has 96 valence electrons. The smallest absolute Gasteiger partial charge is 0.239 e. The predicted octanol–water partition coefficient (Wildman–Crippen LogP) is -1.21. The third-order valence-corrected chi connectivity index (χ3v) is 3.80. The quantitative estimate of drug-likeness (QED) is 0.663. The molecule has 0 radical (unpaired) electrons. The van der Waals surface area contributed by atoms with Gasteiger partial charge in [-0.1, -0.05) is 0 Å². The van der Waals surface area contributed by atoms with Gasteiger partial charge in [-0.25, -0.2) is 0 Å². The van der Waals surface area contributed by atoms with Crippen LogP contribution in [0.25, 0.3) is 0 Å². The lowest BCUT2D eigenvalue weighted by atomic mass is 10.0. The van der Waals surface area contributed by atoms with E-state index in [2.05, 4.69) is 5.32 Å². The highest BCUT2D eigenvalue weighted by Gasteiger charge is 2.33. The molecule has 2 amide bonds. The van der Waals surface area contributed by atoms with Crippen molar-refractivity contribution in [2.24, 2.45) is 0 Å². The number of rotatable bonds is 4. The minimum atomic E-state index is -0.945. The number of carbonyl (C=O) groups is 2. The maximum Gasteiger partial charge on any atom is 0.239 e. The van der Waals surface area contributed by atoms with Crippen LogP contribution in [0.4, 0.5) is 0 Å². The summed E-state index contributed by atoms with van der Waals surface area (Å²) in [4.78, 5) is 24.4. The van der Waals surface area contributed by atoms with E-state index in [0.29, 0.717) is 24.7 Å². The molecule has 0 saturated carbocycles. The molecule has 17 heavy (non-hydrogen) atoms. The summed E-state index contributed by atoms with van der Waals surface area (Å²) in [6, 6.07) is 0. The van der Waals surface area contributed by atoms with Gasteiger partial charge in [0.15, 0.2) is 0 Å². The fourth-order valence-electron chi connectivity index (χ4n) is 1.77. The number of hydrogen-bond donors (Lipinski definition) is 2. The fraction of sp³-hybridized carbons (Fsp3) is 0.800. The van der Waals surface area contributed by atoms with Gasteiger partial charge in [-0.15, -0.1) is 11.8 Å². The maximum atomic E-state index is 11.6. The summed E-state index contributed by atoms with van der Waals surface area (Å²) in [6.45, 7) is 1.03. The van der Waals surface area contributed by atoms with Crippen LogP contribution in [0.3, 0.4) is 0 Å². The Balaban J connectivity index is 1.72. The molecule has 2 rings (SSSR count). The zero-order valence-corrected chi connectivity index (χ0v) is 10.3. The summed E-state index contributed by atoms with van der Waals surface area (Å²) in [5, 5.41) is 12.6. The zero-order valence-electron chi connectivity index (χ0n) is 9.48. The molecule has 6 nitrogen and oxygen atoms in total. The Hall–Kier alpha value is -0.790. The SMILES string of the molecule is O=C(CN1CSCC1=O)NCC1(O)CCOC1. The Morgan fingerprint density at radius 3 is 3.06 bits per heavy atom. The zero-order chi connectivity index (χ0) is 12.3. The molecule has 2 aliphatic rings. The van der Waals surface area contributed by atoms with Crippen LogP contribution < -0.4 is 5.32 Å². The van der Waals surface area contributed by atoms with E-state index in [0.717, 1.165) is 0 Å². The summed E-state index contributed by atoms with van der Waals surface area (Å²) in [6.07, 6.45) is 0.534. The Labute approximate surface area is 104 Å².